The SMILES string of the molecule is C#CC1CCN(CCC(F)(F)F)CC1. The Morgan fingerprint density at radius 2 is 1.86 bits per heavy atom. The van der Waals surface area contributed by atoms with E-state index in [-0.39, 0.29) is 12.5 Å². The molecule has 1 rings (SSSR count). The van der Waals surface area contributed by atoms with Crippen LogP contribution in [0.2, 0.25) is 0 Å². The summed E-state index contributed by atoms with van der Waals surface area (Å²) in [4.78, 5) is 1.83. The molecule has 1 saturated heterocycles. The normalized spacial score (nSPS) is 20.7. The molecular formula is C10H14F3N. The number of nitrogens with zero attached hydrogens (tertiary/aromatic N) is 1. The van der Waals surface area contributed by atoms with Crippen LogP contribution in [-0.2, 0) is 0 Å². The first-order chi connectivity index (χ1) is 6.51. The standard InChI is InChI=1S/C10H14F3N/c1-2-9-3-6-14(7-4-9)8-5-10(11,12)13/h1,9H,3-8H2. The Kier molecular flexibility index (Phi) is 3.82. The number of likely N-dealkylation sites (tertiary alicyclic amines) is 1. The van der Waals surface area contributed by atoms with E-state index in [1.807, 2.05) is 4.90 Å². The van der Waals surface area contributed by atoms with Crippen LogP contribution in [0.4, 0.5) is 13.2 Å². The van der Waals surface area contributed by atoms with E-state index in [9.17, 15) is 13.2 Å². The number of piperidine rings is 1. The van der Waals surface area contributed by atoms with E-state index in [1.165, 1.54) is 0 Å². The maximum absolute atomic E-state index is 11.9. The number of halogens is 3. The Morgan fingerprint density at radius 3 is 2.29 bits per heavy atom. The molecule has 0 saturated carbocycles. The van der Waals surface area contributed by atoms with E-state index in [0.717, 1.165) is 12.8 Å². The van der Waals surface area contributed by atoms with E-state index in [2.05, 4.69) is 5.92 Å². The number of alkyl halides is 3. The first-order valence-electron chi connectivity index (χ1n) is 4.76. The second-order valence-electron chi connectivity index (χ2n) is 3.65. The molecule has 0 aromatic rings. The summed E-state index contributed by atoms with van der Waals surface area (Å²) < 4.78 is 35.7. The van der Waals surface area contributed by atoms with Crippen LogP contribution in [0.3, 0.4) is 0 Å². The van der Waals surface area contributed by atoms with Crippen molar-refractivity contribution in [1.29, 1.82) is 0 Å². The molecule has 1 aliphatic heterocycles. The number of hydrogen-bond donors (Lipinski definition) is 0. The molecule has 0 aliphatic carbocycles. The lowest BCUT2D eigenvalue weighted by Gasteiger charge is -2.29. The van der Waals surface area contributed by atoms with Gasteiger partial charge in [-0.3, -0.25) is 0 Å². The average molecular weight is 205 g/mol. The fourth-order valence-electron chi connectivity index (χ4n) is 1.61. The van der Waals surface area contributed by atoms with E-state index < -0.39 is 12.6 Å². The van der Waals surface area contributed by atoms with Crippen LogP contribution in [-0.4, -0.2) is 30.7 Å². The second-order valence-corrected chi connectivity index (χ2v) is 3.65. The summed E-state index contributed by atoms with van der Waals surface area (Å²) in [6, 6.07) is 0. The predicted molar refractivity (Wildman–Crippen MR) is 48.7 cm³/mol. The molecule has 1 heterocycles. The highest BCUT2D eigenvalue weighted by Crippen LogP contribution is 2.22. The van der Waals surface area contributed by atoms with Crippen molar-refractivity contribution in [2.75, 3.05) is 19.6 Å². The lowest BCUT2D eigenvalue weighted by Crippen LogP contribution is -2.35. The van der Waals surface area contributed by atoms with Crippen molar-refractivity contribution < 1.29 is 13.2 Å². The van der Waals surface area contributed by atoms with Gasteiger partial charge < -0.3 is 4.90 Å². The minimum Gasteiger partial charge on any atom is -0.303 e. The van der Waals surface area contributed by atoms with Crippen molar-refractivity contribution in [2.24, 2.45) is 5.92 Å². The summed E-state index contributed by atoms with van der Waals surface area (Å²) in [5, 5.41) is 0. The largest absolute Gasteiger partial charge is 0.390 e. The van der Waals surface area contributed by atoms with Crippen molar-refractivity contribution in [3.8, 4) is 12.3 Å². The van der Waals surface area contributed by atoms with Crippen LogP contribution in [0.5, 0.6) is 0 Å². The summed E-state index contributed by atoms with van der Waals surface area (Å²) >= 11 is 0. The number of hydrogen-bond acceptors (Lipinski definition) is 1. The Morgan fingerprint density at radius 1 is 1.29 bits per heavy atom. The van der Waals surface area contributed by atoms with Crippen LogP contribution >= 0.6 is 0 Å². The molecular weight excluding hydrogens is 191 g/mol. The van der Waals surface area contributed by atoms with Gasteiger partial charge in [0.2, 0.25) is 0 Å². The minimum atomic E-state index is -4.04. The second kappa shape index (κ2) is 4.70. The third kappa shape index (κ3) is 4.01. The zero-order chi connectivity index (χ0) is 10.6. The van der Waals surface area contributed by atoms with Gasteiger partial charge in [0.15, 0.2) is 0 Å². The van der Waals surface area contributed by atoms with Gasteiger partial charge in [-0.25, -0.2) is 0 Å². The highest BCUT2D eigenvalue weighted by molar-refractivity contribution is 4.95. The Bertz CT molecular complexity index is 208. The third-order valence-electron chi connectivity index (χ3n) is 2.53. The lowest BCUT2D eigenvalue weighted by molar-refractivity contribution is -0.138. The van der Waals surface area contributed by atoms with Crippen LogP contribution in [0.15, 0.2) is 0 Å². The van der Waals surface area contributed by atoms with Crippen molar-refractivity contribution in [1.82, 2.24) is 4.90 Å². The van der Waals surface area contributed by atoms with Gasteiger partial charge in [0.25, 0.3) is 0 Å². The van der Waals surface area contributed by atoms with Gasteiger partial charge in [-0.15, -0.1) is 12.3 Å². The van der Waals surface area contributed by atoms with E-state index in [0.29, 0.717) is 13.1 Å². The van der Waals surface area contributed by atoms with Crippen molar-refractivity contribution >= 4 is 0 Å². The van der Waals surface area contributed by atoms with Gasteiger partial charge in [0, 0.05) is 12.5 Å². The molecule has 0 bridgehead atoms. The molecule has 0 aromatic heterocycles. The fourth-order valence-corrected chi connectivity index (χ4v) is 1.61. The smallest absolute Gasteiger partial charge is 0.303 e. The molecule has 0 spiro atoms. The fraction of sp³-hybridized carbons (Fsp3) is 0.800. The summed E-state index contributed by atoms with van der Waals surface area (Å²) in [6.07, 6.45) is 2.15. The van der Waals surface area contributed by atoms with Crippen LogP contribution < -0.4 is 0 Å². The molecule has 0 unspecified atom stereocenters. The van der Waals surface area contributed by atoms with Gasteiger partial charge in [-0.1, -0.05) is 0 Å². The van der Waals surface area contributed by atoms with Crippen LogP contribution in [0.25, 0.3) is 0 Å². The monoisotopic (exact) mass is 205 g/mol. The van der Waals surface area contributed by atoms with Crippen molar-refractivity contribution in [3.63, 3.8) is 0 Å². The number of rotatable bonds is 2. The summed E-state index contributed by atoms with van der Waals surface area (Å²) in [7, 11) is 0. The molecule has 0 radical (unpaired) electrons. The van der Waals surface area contributed by atoms with Crippen molar-refractivity contribution in [3.05, 3.63) is 0 Å². The maximum atomic E-state index is 11.9. The molecule has 1 nitrogen and oxygen atoms in total. The van der Waals surface area contributed by atoms with Gasteiger partial charge in [0.05, 0.1) is 6.42 Å². The molecule has 0 N–H and O–H groups in total. The average Bonchev–Trinajstić information content (AvgIpc) is 2.14. The Hall–Kier alpha value is -0.690. The van der Waals surface area contributed by atoms with Gasteiger partial charge >= 0.3 is 6.18 Å². The zero-order valence-electron chi connectivity index (χ0n) is 7.98. The topological polar surface area (TPSA) is 3.24 Å². The van der Waals surface area contributed by atoms with E-state index in [1.54, 1.807) is 0 Å². The molecule has 4 heteroatoms. The van der Waals surface area contributed by atoms with Gasteiger partial charge in [0.1, 0.15) is 0 Å². The molecule has 0 aromatic carbocycles. The summed E-state index contributed by atoms with van der Waals surface area (Å²) in [6.45, 7) is 1.51. The van der Waals surface area contributed by atoms with Gasteiger partial charge in [-0.05, 0) is 25.9 Å². The molecule has 1 aliphatic rings. The summed E-state index contributed by atoms with van der Waals surface area (Å²) in [5.74, 6) is 2.91. The first-order valence-corrected chi connectivity index (χ1v) is 4.76. The van der Waals surface area contributed by atoms with Crippen molar-refractivity contribution in [2.45, 2.75) is 25.4 Å². The highest BCUT2D eigenvalue weighted by atomic mass is 19.4. The van der Waals surface area contributed by atoms with E-state index >= 15 is 0 Å². The van der Waals surface area contributed by atoms with Gasteiger partial charge in [-0.2, -0.15) is 13.2 Å². The quantitative estimate of drug-likeness (QED) is 0.625. The highest BCUT2D eigenvalue weighted by Gasteiger charge is 2.28. The molecule has 1 fully saturated rings. The Balaban J connectivity index is 2.20. The molecule has 80 valence electrons. The number of terminal acetylenes is 1. The minimum absolute atomic E-state index is 0.112. The lowest BCUT2D eigenvalue weighted by atomic mass is 9.98. The Labute approximate surface area is 82.3 Å². The molecule has 0 amide bonds. The van der Waals surface area contributed by atoms with Crippen LogP contribution in [0.1, 0.15) is 19.3 Å². The molecule has 0 atom stereocenters. The first kappa shape index (κ1) is 11.4. The van der Waals surface area contributed by atoms with E-state index in [4.69, 9.17) is 6.42 Å². The zero-order valence-corrected chi connectivity index (χ0v) is 7.98. The summed E-state index contributed by atoms with van der Waals surface area (Å²) in [5.41, 5.74) is 0. The maximum Gasteiger partial charge on any atom is 0.390 e. The molecule has 14 heavy (non-hydrogen) atoms. The third-order valence-corrected chi connectivity index (χ3v) is 2.53. The predicted octanol–water partition coefficient (Wildman–Crippen LogP) is 2.28. The van der Waals surface area contributed by atoms with Crippen LogP contribution in [0, 0.1) is 18.3 Å².